The molecule has 1 heterocycles. The van der Waals surface area contributed by atoms with Crippen LogP contribution in [-0.4, -0.2) is 35.1 Å². The van der Waals surface area contributed by atoms with E-state index in [1.165, 1.54) is 50.5 Å². The van der Waals surface area contributed by atoms with Crippen molar-refractivity contribution >= 4 is 5.91 Å². The van der Waals surface area contributed by atoms with E-state index in [0.29, 0.717) is 16.7 Å². The third-order valence-corrected chi connectivity index (χ3v) is 12.4. The monoisotopic (exact) mass is 477 g/mol. The molecule has 6 rings (SSSR count). The van der Waals surface area contributed by atoms with Crippen molar-refractivity contribution in [1.29, 1.82) is 0 Å². The quantitative estimate of drug-likeness (QED) is 0.522. The Balaban J connectivity index is 1.12. The van der Waals surface area contributed by atoms with Crippen molar-refractivity contribution in [3.63, 3.8) is 0 Å². The van der Waals surface area contributed by atoms with Gasteiger partial charge in [0.1, 0.15) is 0 Å². The molecule has 0 spiro atoms. The van der Waals surface area contributed by atoms with E-state index in [1.807, 2.05) is 12.1 Å². The van der Waals surface area contributed by atoms with Crippen LogP contribution in [0, 0.1) is 46.3 Å². The van der Waals surface area contributed by atoms with Crippen molar-refractivity contribution in [2.45, 2.75) is 97.5 Å². The van der Waals surface area contributed by atoms with Gasteiger partial charge in [-0.2, -0.15) is 0 Å². The molecule has 4 saturated carbocycles. The summed E-state index contributed by atoms with van der Waals surface area (Å²) in [4.78, 5) is 15.2. The lowest BCUT2D eigenvalue weighted by atomic mass is 9.44. The molecule has 0 saturated heterocycles. The van der Waals surface area contributed by atoms with E-state index < -0.39 is 0 Å². The molecule has 192 valence electrons. The van der Waals surface area contributed by atoms with Gasteiger partial charge in [-0.1, -0.05) is 39.0 Å². The van der Waals surface area contributed by atoms with Crippen LogP contribution in [0.1, 0.15) is 101 Å². The second-order valence-corrected chi connectivity index (χ2v) is 13.8. The zero-order valence-corrected chi connectivity index (χ0v) is 22.3. The van der Waals surface area contributed by atoms with Gasteiger partial charge in [0, 0.05) is 18.7 Å². The largest absolute Gasteiger partial charge is 0.393 e. The SMILES string of the molecule is C[C@H](CCN1CCc2ccccc2C1=O)[C@H]1CC[C@H]2[C@@H]3CC[C@H]4C[C@@H](O)CC[C@]4(C)[C@H]3CC[C@]12C. The summed E-state index contributed by atoms with van der Waals surface area (Å²) in [5.74, 6) is 5.16. The van der Waals surface area contributed by atoms with Crippen LogP contribution in [0.2, 0.25) is 0 Å². The number of aliphatic hydroxyl groups excluding tert-OH is 1. The molecular weight excluding hydrogens is 430 g/mol. The van der Waals surface area contributed by atoms with Crippen molar-refractivity contribution in [2.24, 2.45) is 46.3 Å². The van der Waals surface area contributed by atoms with E-state index >= 15 is 0 Å². The van der Waals surface area contributed by atoms with Crippen LogP contribution >= 0.6 is 0 Å². The molecule has 4 fully saturated rings. The molecular formula is C32H47NO2. The fourth-order valence-electron chi connectivity index (χ4n) is 10.5. The smallest absolute Gasteiger partial charge is 0.254 e. The summed E-state index contributed by atoms with van der Waals surface area (Å²) in [5.41, 5.74) is 3.10. The molecule has 5 aliphatic rings. The van der Waals surface area contributed by atoms with Gasteiger partial charge in [-0.3, -0.25) is 4.79 Å². The van der Waals surface area contributed by atoms with Crippen molar-refractivity contribution < 1.29 is 9.90 Å². The molecule has 0 unspecified atom stereocenters. The minimum absolute atomic E-state index is 0.0459. The van der Waals surface area contributed by atoms with E-state index in [1.54, 1.807) is 0 Å². The fraction of sp³-hybridized carbons (Fsp3) is 0.781. The Morgan fingerprint density at radius 3 is 2.63 bits per heavy atom. The highest BCUT2D eigenvalue weighted by Gasteiger charge is 2.60. The predicted molar refractivity (Wildman–Crippen MR) is 141 cm³/mol. The maximum absolute atomic E-state index is 13.1. The molecule has 0 aromatic heterocycles. The lowest BCUT2D eigenvalue weighted by Crippen LogP contribution is -2.54. The lowest BCUT2D eigenvalue weighted by molar-refractivity contribution is -0.129. The van der Waals surface area contributed by atoms with Gasteiger partial charge < -0.3 is 10.0 Å². The van der Waals surface area contributed by atoms with E-state index in [9.17, 15) is 9.90 Å². The second kappa shape index (κ2) is 8.89. The van der Waals surface area contributed by atoms with Crippen LogP contribution in [0.5, 0.6) is 0 Å². The minimum atomic E-state index is -0.0459. The first kappa shape index (κ1) is 24.0. The third-order valence-electron chi connectivity index (χ3n) is 12.4. The second-order valence-electron chi connectivity index (χ2n) is 13.8. The zero-order valence-electron chi connectivity index (χ0n) is 22.3. The zero-order chi connectivity index (χ0) is 24.4. The number of hydrogen-bond donors (Lipinski definition) is 1. The van der Waals surface area contributed by atoms with E-state index in [0.717, 1.165) is 73.9 Å². The first-order valence-electron chi connectivity index (χ1n) is 14.9. The number of hydrogen-bond acceptors (Lipinski definition) is 2. The summed E-state index contributed by atoms with van der Waals surface area (Å²) in [6.07, 6.45) is 13.8. The molecule has 4 aliphatic carbocycles. The number of aliphatic hydroxyl groups is 1. The highest BCUT2D eigenvalue weighted by atomic mass is 16.3. The standard InChI is InChI=1S/C32H47NO2/c1-21(14-18-33-19-15-22-6-4-5-7-25(22)30(33)35)27-10-11-28-26-9-8-23-20-24(34)12-16-31(23,2)29(26)13-17-32(27,28)3/h4-7,21,23-24,26-29,34H,8-20H2,1-3H3/t21-,23+,24+,26+,27-,28+,29+,31+,32-/m1/s1. The molecule has 3 heteroatoms. The molecule has 1 N–H and O–H groups in total. The first-order valence-corrected chi connectivity index (χ1v) is 14.9. The van der Waals surface area contributed by atoms with Gasteiger partial charge in [-0.15, -0.1) is 0 Å². The van der Waals surface area contributed by atoms with Crippen molar-refractivity contribution in [3.05, 3.63) is 35.4 Å². The van der Waals surface area contributed by atoms with Gasteiger partial charge in [0.2, 0.25) is 0 Å². The summed E-state index contributed by atoms with van der Waals surface area (Å²) in [6, 6.07) is 8.19. The topological polar surface area (TPSA) is 40.5 Å². The Hall–Kier alpha value is -1.35. The third kappa shape index (κ3) is 3.82. The first-order chi connectivity index (χ1) is 16.8. The van der Waals surface area contributed by atoms with Crippen LogP contribution in [-0.2, 0) is 6.42 Å². The van der Waals surface area contributed by atoms with E-state index in [-0.39, 0.29) is 12.0 Å². The number of benzene rings is 1. The van der Waals surface area contributed by atoms with Gasteiger partial charge in [0.15, 0.2) is 0 Å². The Morgan fingerprint density at radius 2 is 1.77 bits per heavy atom. The van der Waals surface area contributed by atoms with Gasteiger partial charge >= 0.3 is 0 Å². The molecule has 1 aliphatic heterocycles. The van der Waals surface area contributed by atoms with Gasteiger partial charge in [0.05, 0.1) is 6.10 Å². The Morgan fingerprint density at radius 1 is 1.00 bits per heavy atom. The molecule has 1 aromatic rings. The number of nitrogens with zero attached hydrogens (tertiary/aromatic N) is 1. The Labute approximate surface area is 213 Å². The summed E-state index contributed by atoms with van der Waals surface area (Å²) in [7, 11) is 0. The fourth-order valence-corrected chi connectivity index (χ4v) is 10.5. The average molecular weight is 478 g/mol. The van der Waals surface area contributed by atoms with Crippen LogP contribution in [0.15, 0.2) is 24.3 Å². The Bertz CT molecular complexity index is 959. The normalized spacial score (nSPS) is 43.7. The summed E-state index contributed by atoms with van der Waals surface area (Å²) in [6.45, 7) is 9.55. The highest BCUT2D eigenvalue weighted by molar-refractivity contribution is 5.96. The molecule has 35 heavy (non-hydrogen) atoms. The lowest BCUT2D eigenvalue weighted by Gasteiger charge is -2.61. The molecule has 0 radical (unpaired) electrons. The summed E-state index contributed by atoms with van der Waals surface area (Å²) < 4.78 is 0. The van der Waals surface area contributed by atoms with E-state index in [4.69, 9.17) is 0 Å². The molecule has 1 aromatic carbocycles. The number of amides is 1. The number of carbonyl (C=O) groups excluding carboxylic acids is 1. The van der Waals surface area contributed by atoms with Crippen molar-refractivity contribution in [3.8, 4) is 0 Å². The number of carbonyl (C=O) groups is 1. The Kier molecular flexibility index (Phi) is 6.10. The number of fused-ring (bicyclic) bond motifs is 6. The van der Waals surface area contributed by atoms with Crippen LogP contribution in [0.4, 0.5) is 0 Å². The van der Waals surface area contributed by atoms with E-state index in [2.05, 4.69) is 37.8 Å². The highest BCUT2D eigenvalue weighted by Crippen LogP contribution is 2.68. The average Bonchev–Trinajstić information content (AvgIpc) is 3.21. The molecule has 1 amide bonds. The molecule has 0 bridgehead atoms. The van der Waals surface area contributed by atoms with Crippen molar-refractivity contribution in [1.82, 2.24) is 4.90 Å². The molecule has 9 atom stereocenters. The molecule has 3 nitrogen and oxygen atoms in total. The predicted octanol–water partition coefficient (Wildman–Crippen LogP) is 6.73. The van der Waals surface area contributed by atoms with Gasteiger partial charge in [0.25, 0.3) is 5.91 Å². The van der Waals surface area contributed by atoms with Gasteiger partial charge in [-0.25, -0.2) is 0 Å². The van der Waals surface area contributed by atoms with Crippen molar-refractivity contribution in [2.75, 3.05) is 13.1 Å². The summed E-state index contributed by atoms with van der Waals surface area (Å²) in [5, 5.41) is 10.3. The van der Waals surface area contributed by atoms with Crippen LogP contribution < -0.4 is 0 Å². The van der Waals surface area contributed by atoms with Gasteiger partial charge in [-0.05, 0) is 129 Å². The van der Waals surface area contributed by atoms with Crippen LogP contribution in [0.3, 0.4) is 0 Å². The number of rotatable bonds is 4. The minimum Gasteiger partial charge on any atom is -0.393 e. The summed E-state index contributed by atoms with van der Waals surface area (Å²) >= 11 is 0. The maximum Gasteiger partial charge on any atom is 0.254 e. The maximum atomic E-state index is 13.1. The van der Waals surface area contributed by atoms with Crippen LogP contribution in [0.25, 0.3) is 0 Å².